The summed E-state index contributed by atoms with van der Waals surface area (Å²) in [5.74, 6) is 1.78. The van der Waals surface area contributed by atoms with Gasteiger partial charge in [0, 0.05) is 30.9 Å². The predicted octanol–water partition coefficient (Wildman–Crippen LogP) is 2.64. The molecule has 3 aromatic rings. The fourth-order valence-corrected chi connectivity index (χ4v) is 3.87. The van der Waals surface area contributed by atoms with Gasteiger partial charge >= 0.3 is 0 Å². The highest BCUT2D eigenvalue weighted by molar-refractivity contribution is 6.34. The average Bonchev–Trinajstić information content (AvgIpc) is 3.47. The molecule has 1 amide bonds. The summed E-state index contributed by atoms with van der Waals surface area (Å²) in [4.78, 5) is 16.8. The van der Waals surface area contributed by atoms with Gasteiger partial charge < -0.3 is 31.2 Å². The highest BCUT2D eigenvalue weighted by atomic mass is 35.5. The van der Waals surface area contributed by atoms with Crippen molar-refractivity contribution in [2.75, 3.05) is 37.9 Å². The van der Waals surface area contributed by atoms with Crippen LogP contribution >= 0.6 is 11.6 Å². The second kappa shape index (κ2) is 10.2. The highest BCUT2D eigenvalue weighted by Crippen LogP contribution is 2.34. The van der Waals surface area contributed by atoms with Crippen molar-refractivity contribution in [1.29, 1.82) is 0 Å². The van der Waals surface area contributed by atoms with Crippen LogP contribution < -0.4 is 31.2 Å². The molecule has 11 heteroatoms. The molecule has 1 aliphatic heterocycles. The van der Waals surface area contributed by atoms with Crippen molar-refractivity contribution in [3.63, 3.8) is 0 Å². The van der Waals surface area contributed by atoms with Crippen LogP contribution in [0.25, 0.3) is 11.4 Å². The summed E-state index contributed by atoms with van der Waals surface area (Å²) < 4.78 is 12.8. The summed E-state index contributed by atoms with van der Waals surface area (Å²) in [5, 5.41) is 14.4. The lowest BCUT2D eigenvalue weighted by Gasteiger charge is -2.14. The number of aryl methyl sites for hydroxylation is 1. The minimum atomic E-state index is -0.168. The molecule has 0 saturated carbocycles. The zero-order valence-corrected chi connectivity index (χ0v) is 20.1. The van der Waals surface area contributed by atoms with Crippen molar-refractivity contribution in [2.45, 2.75) is 19.4 Å². The maximum Gasteiger partial charge on any atom is 0.258 e. The number of nitrogens with one attached hydrogen (secondary N) is 3. The summed E-state index contributed by atoms with van der Waals surface area (Å²) >= 11 is 6.42. The van der Waals surface area contributed by atoms with Crippen LogP contribution in [0, 0.1) is 6.92 Å². The molecular formula is C23H28ClN7O3. The van der Waals surface area contributed by atoms with E-state index in [1.807, 2.05) is 13.0 Å². The maximum atomic E-state index is 12.2. The van der Waals surface area contributed by atoms with Crippen molar-refractivity contribution in [3.05, 3.63) is 40.9 Å². The molecule has 10 nitrogen and oxygen atoms in total. The maximum absolute atomic E-state index is 12.2. The Morgan fingerprint density at radius 2 is 2.15 bits per heavy atom. The molecule has 1 saturated heterocycles. The van der Waals surface area contributed by atoms with Gasteiger partial charge in [-0.3, -0.25) is 4.79 Å². The standard InChI is InChI=1S/C23H28ClN7O3/c1-13-16(25)5-6-17(21(13)24)28-23-29-22(30-31(23)2)14-4-7-18(19(10-14)33-3)34-12-20(32)27-15-8-9-26-11-15/h4-7,10,15,26H,8-9,11-12,25H2,1-3H3,(H,27,32)(H,28,29,30). The topological polar surface area (TPSA) is 128 Å². The Morgan fingerprint density at radius 1 is 1.32 bits per heavy atom. The number of ether oxygens (including phenoxy) is 2. The van der Waals surface area contributed by atoms with Gasteiger partial charge in [0.05, 0.1) is 17.8 Å². The highest BCUT2D eigenvalue weighted by Gasteiger charge is 2.18. The third kappa shape index (κ3) is 5.18. The first-order chi connectivity index (χ1) is 16.4. The summed E-state index contributed by atoms with van der Waals surface area (Å²) in [6, 6.07) is 9.06. The van der Waals surface area contributed by atoms with Crippen LogP contribution in [0.2, 0.25) is 5.02 Å². The Labute approximate surface area is 202 Å². The molecule has 0 spiro atoms. The van der Waals surface area contributed by atoms with Crippen molar-refractivity contribution < 1.29 is 14.3 Å². The first-order valence-electron chi connectivity index (χ1n) is 10.9. The van der Waals surface area contributed by atoms with Gasteiger partial charge in [-0.2, -0.15) is 4.98 Å². The lowest BCUT2D eigenvalue weighted by molar-refractivity contribution is -0.123. The number of rotatable bonds is 8. The van der Waals surface area contributed by atoms with Crippen molar-refractivity contribution >= 4 is 34.8 Å². The van der Waals surface area contributed by atoms with E-state index in [4.69, 9.17) is 26.8 Å². The van der Waals surface area contributed by atoms with E-state index in [0.29, 0.717) is 39.7 Å². The molecule has 0 aliphatic carbocycles. The quantitative estimate of drug-likeness (QED) is 0.358. The van der Waals surface area contributed by atoms with Crippen LogP contribution in [0.1, 0.15) is 12.0 Å². The van der Waals surface area contributed by atoms with Gasteiger partial charge in [-0.25, -0.2) is 4.68 Å². The minimum absolute atomic E-state index is 0.0934. The van der Waals surface area contributed by atoms with Gasteiger partial charge in [-0.05, 0) is 55.8 Å². The van der Waals surface area contributed by atoms with Gasteiger partial charge in [-0.1, -0.05) is 11.6 Å². The van der Waals surface area contributed by atoms with Gasteiger partial charge in [0.15, 0.2) is 23.9 Å². The molecular weight excluding hydrogens is 458 g/mol. The molecule has 180 valence electrons. The van der Waals surface area contributed by atoms with E-state index in [1.54, 1.807) is 43.1 Å². The Kier molecular flexibility index (Phi) is 7.09. The first kappa shape index (κ1) is 23.7. The molecule has 0 bridgehead atoms. The molecule has 1 aromatic heterocycles. The number of hydrogen-bond donors (Lipinski definition) is 4. The Bertz CT molecular complexity index is 1190. The molecule has 2 heterocycles. The number of halogens is 1. The Hall–Kier alpha value is -3.50. The van der Waals surface area contributed by atoms with E-state index >= 15 is 0 Å². The van der Waals surface area contributed by atoms with Crippen LogP contribution in [-0.4, -0.2) is 53.5 Å². The number of nitrogen functional groups attached to an aromatic ring is 1. The third-order valence-corrected chi connectivity index (χ3v) is 6.13. The van der Waals surface area contributed by atoms with Gasteiger partial charge in [0.1, 0.15) is 0 Å². The number of anilines is 3. The first-order valence-corrected chi connectivity index (χ1v) is 11.3. The fraction of sp³-hybridized carbons (Fsp3) is 0.348. The molecule has 5 N–H and O–H groups in total. The van der Waals surface area contributed by atoms with Crippen LogP contribution in [-0.2, 0) is 11.8 Å². The van der Waals surface area contributed by atoms with E-state index < -0.39 is 0 Å². The van der Waals surface area contributed by atoms with Crippen LogP contribution in [0.15, 0.2) is 30.3 Å². The number of amides is 1. The monoisotopic (exact) mass is 485 g/mol. The molecule has 34 heavy (non-hydrogen) atoms. The van der Waals surface area contributed by atoms with Crippen molar-refractivity contribution in [1.82, 2.24) is 25.4 Å². The van der Waals surface area contributed by atoms with Gasteiger partial charge in [0.2, 0.25) is 5.95 Å². The lowest BCUT2D eigenvalue weighted by Crippen LogP contribution is -2.39. The van der Waals surface area contributed by atoms with E-state index in [-0.39, 0.29) is 18.6 Å². The van der Waals surface area contributed by atoms with Gasteiger partial charge in [-0.15, -0.1) is 5.10 Å². The number of nitrogens with two attached hydrogens (primary N) is 1. The normalized spacial score (nSPS) is 15.2. The zero-order chi connectivity index (χ0) is 24.2. The molecule has 1 fully saturated rings. The molecule has 4 rings (SSSR count). The van der Waals surface area contributed by atoms with E-state index in [2.05, 4.69) is 26.0 Å². The summed E-state index contributed by atoms with van der Waals surface area (Å²) in [5.41, 5.74) is 8.75. The number of carbonyl (C=O) groups is 1. The minimum Gasteiger partial charge on any atom is -0.493 e. The van der Waals surface area contributed by atoms with Crippen LogP contribution in [0.3, 0.4) is 0 Å². The van der Waals surface area contributed by atoms with Crippen LogP contribution in [0.5, 0.6) is 11.5 Å². The van der Waals surface area contributed by atoms with Gasteiger partial charge in [0.25, 0.3) is 5.91 Å². The summed E-state index contributed by atoms with van der Waals surface area (Å²) in [6.07, 6.45) is 0.918. The third-order valence-electron chi connectivity index (χ3n) is 5.64. The molecule has 2 aromatic carbocycles. The lowest BCUT2D eigenvalue weighted by atomic mass is 10.2. The Morgan fingerprint density at radius 3 is 2.88 bits per heavy atom. The largest absolute Gasteiger partial charge is 0.493 e. The summed E-state index contributed by atoms with van der Waals surface area (Å²) in [6.45, 7) is 3.45. The fourth-order valence-electron chi connectivity index (χ4n) is 3.65. The second-order valence-corrected chi connectivity index (χ2v) is 8.44. The molecule has 0 radical (unpaired) electrons. The van der Waals surface area contributed by atoms with E-state index in [9.17, 15) is 4.79 Å². The number of benzene rings is 2. The summed E-state index contributed by atoms with van der Waals surface area (Å²) in [7, 11) is 3.32. The number of methoxy groups -OCH3 is 1. The SMILES string of the molecule is COc1cc(-c2nc(Nc3ccc(N)c(C)c3Cl)n(C)n2)ccc1OCC(=O)NC1CCNC1. The number of aromatic nitrogens is 3. The second-order valence-electron chi connectivity index (χ2n) is 8.06. The smallest absolute Gasteiger partial charge is 0.258 e. The van der Waals surface area contributed by atoms with Crippen molar-refractivity contribution in [2.24, 2.45) is 7.05 Å². The predicted molar refractivity (Wildman–Crippen MR) is 132 cm³/mol. The number of nitrogens with zero attached hydrogens (tertiary/aromatic N) is 3. The average molecular weight is 486 g/mol. The number of carbonyl (C=O) groups excluding carboxylic acids is 1. The Balaban J connectivity index is 1.47. The number of hydrogen-bond acceptors (Lipinski definition) is 8. The molecule has 1 unspecified atom stereocenters. The van der Waals surface area contributed by atoms with E-state index in [0.717, 1.165) is 30.6 Å². The van der Waals surface area contributed by atoms with E-state index in [1.165, 1.54) is 0 Å². The van der Waals surface area contributed by atoms with Crippen molar-refractivity contribution in [3.8, 4) is 22.9 Å². The van der Waals surface area contributed by atoms with Crippen LogP contribution in [0.4, 0.5) is 17.3 Å². The molecule has 1 aliphatic rings. The molecule has 1 atom stereocenters. The zero-order valence-electron chi connectivity index (χ0n) is 19.3.